The number of hydrogen-bond acceptors (Lipinski definition) is 3. The number of nitrogens with two attached hydrogens (primary N) is 1. The van der Waals surface area contributed by atoms with Gasteiger partial charge in [-0.1, -0.05) is 6.92 Å². The van der Waals surface area contributed by atoms with Gasteiger partial charge in [-0.15, -0.1) is 0 Å². The maximum atomic E-state index is 5.50. The molecule has 1 aliphatic heterocycles. The molecule has 1 saturated heterocycles. The number of rotatable bonds is 2. The third-order valence-electron chi connectivity index (χ3n) is 1.96. The Kier molecular flexibility index (Phi) is 3.12. The van der Waals surface area contributed by atoms with E-state index < -0.39 is 0 Å². The Morgan fingerprint density at radius 3 is 3.10 bits per heavy atom. The lowest BCUT2D eigenvalue weighted by molar-refractivity contribution is -0.00187. The lowest BCUT2D eigenvalue weighted by Gasteiger charge is -2.27. The van der Waals surface area contributed by atoms with Gasteiger partial charge in [0.15, 0.2) is 0 Å². The van der Waals surface area contributed by atoms with Crippen LogP contribution in [0.5, 0.6) is 0 Å². The number of nitrogens with one attached hydrogen (secondary N) is 1. The molecule has 3 heteroatoms. The summed E-state index contributed by atoms with van der Waals surface area (Å²) in [6, 6.07) is 0. The van der Waals surface area contributed by atoms with Gasteiger partial charge in [0.25, 0.3) is 0 Å². The van der Waals surface area contributed by atoms with Gasteiger partial charge in [-0.05, 0) is 12.5 Å². The Hall–Kier alpha value is -0.120. The first-order valence-corrected chi connectivity index (χ1v) is 3.87. The van der Waals surface area contributed by atoms with Crippen LogP contribution in [-0.2, 0) is 4.74 Å². The van der Waals surface area contributed by atoms with Crippen LogP contribution in [0.1, 0.15) is 6.92 Å². The third kappa shape index (κ3) is 1.94. The van der Waals surface area contributed by atoms with Crippen LogP contribution in [0.2, 0.25) is 0 Å². The Morgan fingerprint density at radius 1 is 1.80 bits per heavy atom. The molecule has 0 aliphatic carbocycles. The zero-order valence-electron chi connectivity index (χ0n) is 6.47. The van der Waals surface area contributed by atoms with Crippen molar-refractivity contribution in [2.24, 2.45) is 11.7 Å². The van der Waals surface area contributed by atoms with Gasteiger partial charge < -0.3 is 15.8 Å². The van der Waals surface area contributed by atoms with Crippen LogP contribution in [0, 0.1) is 5.92 Å². The highest BCUT2D eigenvalue weighted by molar-refractivity contribution is 4.72. The third-order valence-corrected chi connectivity index (χ3v) is 1.96. The van der Waals surface area contributed by atoms with Gasteiger partial charge in [0.2, 0.25) is 0 Å². The van der Waals surface area contributed by atoms with E-state index in [-0.39, 0.29) is 0 Å². The molecule has 10 heavy (non-hydrogen) atoms. The fourth-order valence-corrected chi connectivity index (χ4v) is 1.10. The molecule has 1 heterocycles. The van der Waals surface area contributed by atoms with Gasteiger partial charge in [-0.2, -0.15) is 0 Å². The summed E-state index contributed by atoms with van der Waals surface area (Å²) < 4.78 is 5.49. The molecule has 1 fully saturated rings. The normalized spacial score (nSPS) is 30.0. The van der Waals surface area contributed by atoms with Crippen molar-refractivity contribution in [3.63, 3.8) is 0 Å². The van der Waals surface area contributed by atoms with Crippen LogP contribution < -0.4 is 11.1 Å². The Labute approximate surface area is 61.9 Å². The highest BCUT2D eigenvalue weighted by Gasteiger charge is 2.18. The molecule has 1 rings (SSSR count). The van der Waals surface area contributed by atoms with Crippen LogP contribution in [0.3, 0.4) is 0 Å². The first kappa shape index (κ1) is 7.98. The van der Waals surface area contributed by atoms with Crippen LogP contribution in [-0.4, -0.2) is 32.3 Å². The summed E-state index contributed by atoms with van der Waals surface area (Å²) in [6.45, 7) is 5.60. The van der Waals surface area contributed by atoms with Crippen molar-refractivity contribution >= 4 is 0 Å². The van der Waals surface area contributed by atoms with Crippen LogP contribution >= 0.6 is 0 Å². The van der Waals surface area contributed by atoms with Crippen molar-refractivity contribution in [1.29, 1.82) is 0 Å². The molecular weight excluding hydrogens is 128 g/mol. The molecule has 0 aromatic carbocycles. The van der Waals surface area contributed by atoms with E-state index in [2.05, 4.69) is 12.2 Å². The van der Waals surface area contributed by atoms with E-state index in [1.807, 2.05) is 0 Å². The molecule has 0 saturated carbocycles. The zero-order valence-corrected chi connectivity index (χ0v) is 6.47. The second-order valence-electron chi connectivity index (χ2n) is 2.83. The minimum absolute atomic E-state index is 0.332. The standard InChI is InChI=1S/C7H16N2O/c1-6(4-8)7-5-9-2-3-10-7/h6-7,9H,2-5,8H2,1H3. The summed E-state index contributed by atoms with van der Waals surface area (Å²) in [5.41, 5.74) is 5.50. The van der Waals surface area contributed by atoms with Crippen molar-refractivity contribution in [2.45, 2.75) is 13.0 Å². The second-order valence-corrected chi connectivity index (χ2v) is 2.83. The summed E-state index contributed by atoms with van der Waals surface area (Å²) in [4.78, 5) is 0. The Bertz CT molecular complexity index is 91.6. The average molecular weight is 144 g/mol. The maximum Gasteiger partial charge on any atom is 0.0737 e. The van der Waals surface area contributed by atoms with Crippen molar-refractivity contribution in [3.8, 4) is 0 Å². The molecule has 0 aromatic heterocycles. The summed E-state index contributed by atoms with van der Waals surface area (Å²) >= 11 is 0. The van der Waals surface area contributed by atoms with Gasteiger partial charge in [0.1, 0.15) is 0 Å². The van der Waals surface area contributed by atoms with Crippen LogP contribution in [0.25, 0.3) is 0 Å². The molecule has 0 spiro atoms. The first-order chi connectivity index (χ1) is 4.84. The summed E-state index contributed by atoms with van der Waals surface area (Å²) in [7, 11) is 0. The van der Waals surface area contributed by atoms with Gasteiger partial charge in [0, 0.05) is 13.1 Å². The fraction of sp³-hybridized carbons (Fsp3) is 1.00. The number of ether oxygens (including phenoxy) is 1. The highest BCUT2D eigenvalue weighted by atomic mass is 16.5. The smallest absolute Gasteiger partial charge is 0.0737 e. The molecule has 2 unspecified atom stereocenters. The zero-order chi connectivity index (χ0) is 7.40. The van der Waals surface area contributed by atoms with E-state index in [9.17, 15) is 0 Å². The van der Waals surface area contributed by atoms with Gasteiger partial charge in [-0.25, -0.2) is 0 Å². The molecule has 0 aromatic rings. The van der Waals surface area contributed by atoms with Gasteiger partial charge in [-0.3, -0.25) is 0 Å². The van der Waals surface area contributed by atoms with E-state index in [4.69, 9.17) is 10.5 Å². The fourth-order valence-electron chi connectivity index (χ4n) is 1.10. The lowest BCUT2D eigenvalue weighted by atomic mass is 10.0. The molecule has 0 bridgehead atoms. The molecule has 0 amide bonds. The van der Waals surface area contributed by atoms with Gasteiger partial charge in [0.05, 0.1) is 12.7 Å². The minimum Gasteiger partial charge on any atom is -0.375 e. The average Bonchev–Trinajstić information content (AvgIpc) is 2.05. The van der Waals surface area contributed by atoms with E-state index in [0.29, 0.717) is 18.6 Å². The lowest BCUT2D eigenvalue weighted by Crippen LogP contribution is -2.43. The molecule has 3 N–H and O–H groups in total. The van der Waals surface area contributed by atoms with Crippen LogP contribution in [0.15, 0.2) is 0 Å². The predicted molar refractivity (Wildman–Crippen MR) is 40.8 cm³/mol. The molecule has 1 aliphatic rings. The summed E-state index contributed by atoms with van der Waals surface area (Å²) in [5, 5.41) is 3.27. The van der Waals surface area contributed by atoms with Crippen molar-refractivity contribution in [1.82, 2.24) is 5.32 Å². The molecule has 60 valence electrons. The monoisotopic (exact) mass is 144 g/mol. The quantitative estimate of drug-likeness (QED) is 0.553. The molecule has 0 radical (unpaired) electrons. The minimum atomic E-state index is 0.332. The van der Waals surface area contributed by atoms with E-state index in [1.165, 1.54) is 0 Å². The molecule has 2 atom stereocenters. The summed E-state index contributed by atoms with van der Waals surface area (Å²) in [6.07, 6.45) is 0.332. The van der Waals surface area contributed by atoms with E-state index in [1.54, 1.807) is 0 Å². The van der Waals surface area contributed by atoms with Crippen molar-refractivity contribution < 1.29 is 4.74 Å². The molecule has 3 nitrogen and oxygen atoms in total. The molecular formula is C7H16N2O. The first-order valence-electron chi connectivity index (χ1n) is 3.87. The number of hydrogen-bond donors (Lipinski definition) is 2. The number of morpholine rings is 1. The van der Waals surface area contributed by atoms with Crippen molar-refractivity contribution in [2.75, 3.05) is 26.2 Å². The van der Waals surface area contributed by atoms with E-state index >= 15 is 0 Å². The van der Waals surface area contributed by atoms with E-state index in [0.717, 1.165) is 19.7 Å². The Balaban J connectivity index is 2.24. The van der Waals surface area contributed by atoms with Crippen molar-refractivity contribution in [3.05, 3.63) is 0 Å². The predicted octanol–water partition coefficient (Wildman–Crippen LogP) is -0.430. The summed E-state index contributed by atoms with van der Waals surface area (Å²) in [5.74, 6) is 0.479. The largest absolute Gasteiger partial charge is 0.375 e. The maximum absolute atomic E-state index is 5.50. The second kappa shape index (κ2) is 3.91. The van der Waals surface area contributed by atoms with Crippen LogP contribution in [0.4, 0.5) is 0 Å². The SMILES string of the molecule is CC(CN)C1CNCCO1. The topological polar surface area (TPSA) is 47.3 Å². The Morgan fingerprint density at radius 2 is 2.60 bits per heavy atom. The van der Waals surface area contributed by atoms with Gasteiger partial charge >= 0.3 is 0 Å². The highest BCUT2D eigenvalue weighted by Crippen LogP contribution is 2.06.